The molecule has 0 saturated heterocycles. The van der Waals surface area contributed by atoms with Crippen molar-refractivity contribution < 1.29 is 28.4 Å². The van der Waals surface area contributed by atoms with E-state index in [0.717, 1.165) is 89.9 Å². The third-order valence-corrected chi connectivity index (χ3v) is 7.49. The predicted octanol–water partition coefficient (Wildman–Crippen LogP) is 8.15. The van der Waals surface area contributed by atoms with Gasteiger partial charge in [-0.05, 0) is 70.6 Å². The van der Waals surface area contributed by atoms with Gasteiger partial charge in [0.15, 0.2) is 0 Å². The molecule has 0 rings (SSSR count). The van der Waals surface area contributed by atoms with Crippen LogP contribution in [0.1, 0.15) is 110 Å². The topological polar surface area (TPSA) is 131 Å². The van der Waals surface area contributed by atoms with Crippen molar-refractivity contribution in [1.29, 1.82) is 0 Å². The minimum absolute atomic E-state index is 0.0645. The smallest absolute Gasteiger partial charge is 0.387 e. The Labute approximate surface area is 267 Å². The van der Waals surface area contributed by atoms with Gasteiger partial charge >= 0.3 is 7.82 Å². The van der Waals surface area contributed by atoms with Crippen LogP contribution in [0.15, 0.2) is 72.9 Å². The monoisotopic (exact) mass is 636 g/mol. The van der Waals surface area contributed by atoms with E-state index >= 15 is 0 Å². The Hall–Kier alpha value is -2.06. The second kappa shape index (κ2) is 30.9. The largest absolute Gasteiger partial charge is 0.472 e. The summed E-state index contributed by atoms with van der Waals surface area (Å²) in [5, 5.41) is 13.5. The van der Waals surface area contributed by atoms with Crippen molar-refractivity contribution in [3.05, 3.63) is 72.9 Å². The maximum Gasteiger partial charge on any atom is 0.472 e. The number of allylic oxidation sites excluding steroid dienone is 11. The van der Waals surface area contributed by atoms with Gasteiger partial charge < -0.3 is 21.1 Å². The Kier molecular flexibility index (Phi) is 29.5. The van der Waals surface area contributed by atoms with Crippen LogP contribution >= 0.6 is 7.82 Å². The fraction of sp³-hybridized carbons (Fsp3) is 0.629. The second-order valence-electron chi connectivity index (χ2n) is 10.6. The lowest BCUT2D eigenvalue weighted by Gasteiger charge is -2.23. The van der Waals surface area contributed by atoms with Crippen molar-refractivity contribution in [2.75, 3.05) is 19.8 Å². The molecule has 3 atom stereocenters. The van der Waals surface area contributed by atoms with E-state index in [1.807, 2.05) is 6.08 Å². The number of carbonyl (C=O) groups is 1. The van der Waals surface area contributed by atoms with Gasteiger partial charge in [-0.1, -0.05) is 106 Å². The highest BCUT2D eigenvalue weighted by Crippen LogP contribution is 2.43. The summed E-state index contributed by atoms with van der Waals surface area (Å²) in [5.41, 5.74) is 5.33. The number of nitrogens with two attached hydrogens (primary N) is 1. The molecule has 9 heteroatoms. The van der Waals surface area contributed by atoms with Crippen LogP contribution in [0.4, 0.5) is 0 Å². The third-order valence-electron chi connectivity index (χ3n) is 6.51. The van der Waals surface area contributed by atoms with Crippen molar-refractivity contribution in [3.63, 3.8) is 0 Å². The van der Waals surface area contributed by atoms with Gasteiger partial charge in [0.1, 0.15) is 0 Å². The molecule has 0 aliphatic heterocycles. The molecule has 5 N–H and O–H groups in total. The van der Waals surface area contributed by atoms with Crippen molar-refractivity contribution in [1.82, 2.24) is 5.32 Å². The SMILES string of the molecule is CC/C=C\C/C=C\C/C=C\CCCCCCCC(=O)NC(COP(=O)(O)OCCN)C(O)/C=C/CC/C=C/CC/C=C/CC. The molecule has 0 fully saturated rings. The predicted molar refractivity (Wildman–Crippen MR) is 184 cm³/mol. The average molecular weight is 637 g/mol. The minimum atomic E-state index is -4.35. The number of amides is 1. The van der Waals surface area contributed by atoms with E-state index in [2.05, 4.69) is 79.9 Å². The third kappa shape index (κ3) is 28.7. The van der Waals surface area contributed by atoms with E-state index in [1.54, 1.807) is 6.08 Å². The van der Waals surface area contributed by atoms with E-state index in [9.17, 15) is 19.4 Å². The standard InChI is InChI=1S/C35H61N2O6P/c1-3-5-7-9-11-13-15-16-17-18-19-21-23-25-27-29-35(39)37-33(32-43-44(40,41)42-31-30-36)34(38)28-26-24-22-20-14-12-10-8-6-4-2/h5-8,11,13-14,16-17,20,26,28,33-34,38H,3-4,9-10,12,15,18-19,21-25,27,29-32,36H2,1-2H3,(H,37,39)(H,40,41)/b7-5-,8-6+,13-11-,17-16-,20-14+,28-26+. The molecule has 44 heavy (non-hydrogen) atoms. The Morgan fingerprint density at radius 1 is 0.750 bits per heavy atom. The number of aliphatic hydroxyl groups is 1. The van der Waals surface area contributed by atoms with Crippen molar-refractivity contribution in [3.8, 4) is 0 Å². The molecule has 252 valence electrons. The summed E-state index contributed by atoms with van der Waals surface area (Å²) in [6.45, 7) is 3.80. The highest BCUT2D eigenvalue weighted by atomic mass is 31.2. The zero-order chi connectivity index (χ0) is 32.6. The van der Waals surface area contributed by atoms with Crippen LogP contribution in [0, 0.1) is 0 Å². The van der Waals surface area contributed by atoms with Crippen molar-refractivity contribution in [2.24, 2.45) is 5.73 Å². The second-order valence-corrected chi connectivity index (χ2v) is 12.0. The number of rotatable bonds is 29. The van der Waals surface area contributed by atoms with Crippen LogP contribution < -0.4 is 11.1 Å². The number of carbonyl (C=O) groups excluding carboxylic acids is 1. The van der Waals surface area contributed by atoms with Crippen LogP contribution in [0.3, 0.4) is 0 Å². The molecular weight excluding hydrogens is 575 g/mol. The van der Waals surface area contributed by atoms with E-state index in [1.165, 1.54) is 0 Å². The number of aliphatic hydroxyl groups excluding tert-OH is 1. The average Bonchev–Trinajstić information content (AvgIpc) is 3.01. The molecule has 0 aliphatic carbocycles. The van der Waals surface area contributed by atoms with Crippen LogP contribution in [0.25, 0.3) is 0 Å². The number of phosphoric ester groups is 1. The summed E-state index contributed by atoms with van der Waals surface area (Å²) in [7, 11) is -4.35. The summed E-state index contributed by atoms with van der Waals surface area (Å²) < 4.78 is 21.9. The first-order valence-electron chi connectivity index (χ1n) is 16.6. The van der Waals surface area contributed by atoms with Gasteiger partial charge in [-0.2, -0.15) is 0 Å². The lowest BCUT2D eigenvalue weighted by Crippen LogP contribution is -2.45. The number of hydrogen-bond donors (Lipinski definition) is 4. The Morgan fingerprint density at radius 3 is 1.93 bits per heavy atom. The number of nitrogens with one attached hydrogen (secondary N) is 1. The maximum atomic E-state index is 12.6. The van der Waals surface area contributed by atoms with Crippen LogP contribution in [0.2, 0.25) is 0 Å². The quantitative estimate of drug-likeness (QED) is 0.0370. The molecule has 0 aromatic carbocycles. The molecule has 0 saturated carbocycles. The molecule has 0 spiro atoms. The minimum Gasteiger partial charge on any atom is -0.387 e. The van der Waals surface area contributed by atoms with Crippen molar-refractivity contribution in [2.45, 2.75) is 122 Å². The van der Waals surface area contributed by atoms with Gasteiger partial charge in [0.2, 0.25) is 5.91 Å². The van der Waals surface area contributed by atoms with Crippen molar-refractivity contribution >= 4 is 13.7 Å². The molecule has 0 heterocycles. The molecule has 0 aromatic heterocycles. The normalized spacial score (nSPS) is 15.5. The van der Waals surface area contributed by atoms with Gasteiger partial charge in [0.05, 0.1) is 25.4 Å². The molecule has 8 nitrogen and oxygen atoms in total. The maximum absolute atomic E-state index is 12.6. The summed E-state index contributed by atoms with van der Waals surface area (Å²) in [5.74, 6) is -0.233. The van der Waals surface area contributed by atoms with Gasteiger partial charge in [-0.15, -0.1) is 0 Å². The summed E-state index contributed by atoms with van der Waals surface area (Å²) in [6, 6.07) is -0.893. The highest BCUT2D eigenvalue weighted by Gasteiger charge is 2.26. The number of phosphoric acid groups is 1. The van der Waals surface area contributed by atoms with Gasteiger partial charge in [0.25, 0.3) is 0 Å². The van der Waals surface area contributed by atoms with E-state index in [0.29, 0.717) is 6.42 Å². The zero-order valence-electron chi connectivity index (χ0n) is 27.4. The van der Waals surface area contributed by atoms with Gasteiger partial charge in [0, 0.05) is 13.0 Å². The Balaban J connectivity index is 4.47. The summed E-state index contributed by atoms with van der Waals surface area (Å²) in [4.78, 5) is 22.5. The van der Waals surface area contributed by atoms with E-state index in [4.69, 9.17) is 14.8 Å². The van der Waals surface area contributed by atoms with Gasteiger partial charge in [-0.25, -0.2) is 4.57 Å². The Morgan fingerprint density at radius 2 is 1.27 bits per heavy atom. The molecule has 0 bridgehead atoms. The highest BCUT2D eigenvalue weighted by molar-refractivity contribution is 7.47. The molecule has 0 aromatic rings. The lowest BCUT2D eigenvalue weighted by atomic mass is 10.1. The zero-order valence-corrected chi connectivity index (χ0v) is 28.3. The molecule has 0 radical (unpaired) electrons. The van der Waals surface area contributed by atoms with E-state index < -0.39 is 20.0 Å². The molecule has 3 unspecified atom stereocenters. The van der Waals surface area contributed by atoms with Crippen LogP contribution in [-0.2, 0) is 18.4 Å². The molecule has 1 amide bonds. The summed E-state index contributed by atoms with van der Waals surface area (Å²) in [6.07, 6.45) is 38.1. The van der Waals surface area contributed by atoms with Gasteiger partial charge in [-0.3, -0.25) is 13.8 Å². The Bertz CT molecular complexity index is 913. The molecular formula is C35H61N2O6P. The number of hydrogen-bond acceptors (Lipinski definition) is 6. The first-order valence-corrected chi connectivity index (χ1v) is 18.1. The van der Waals surface area contributed by atoms with Crippen LogP contribution in [-0.4, -0.2) is 47.8 Å². The molecule has 0 aliphatic rings. The summed E-state index contributed by atoms with van der Waals surface area (Å²) >= 11 is 0. The fourth-order valence-electron chi connectivity index (χ4n) is 4.06. The lowest BCUT2D eigenvalue weighted by molar-refractivity contribution is -0.123. The first kappa shape index (κ1) is 41.9. The fourth-order valence-corrected chi connectivity index (χ4v) is 4.82. The van der Waals surface area contributed by atoms with Crippen LogP contribution in [0.5, 0.6) is 0 Å². The first-order chi connectivity index (χ1) is 21.4. The van der Waals surface area contributed by atoms with E-state index in [-0.39, 0.29) is 25.7 Å². The number of unbranched alkanes of at least 4 members (excludes halogenated alkanes) is 7.